The van der Waals surface area contributed by atoms with Crippen LogP contribution in [-0.2, 0) is 26.4 Å². The number of hydrogen-bond donors (Lipinski definition) is 0. The summed E-state index contributed by atoms with van der Waals surface area (Å²) < 4.78 is 85.6. The van der Waals surface area contributed by atoms with E-state index in [-0.39, 0.29) is 23.4 Å². The second kappa shape index (κ2) is 8.61. The van der Waals surface area contributed by atoms with E-state index in [1.165, 1.54) is 23.2 Å². The second-order valence-electron chi connectivity index (χ2n) is 8.19. The van der Waals surface area contributed by atoms with Crippen LogP contribution < -0.4 is 0 Å². The molecule has 5 rings (SSSR count). The van der Waals surface area contributed by atoms with Crippen LogP contribution in [0.3, 0.4) is 0 Å². The summed E-state index contributed by atoms with van der Waals surface area (Å²) in [5.41, 5.74) is 0.0893. The van der Waals surface area contributed by atoms with Crippen LogP contribution in [0.15, 0.2) is 65.4 Å². The number of halogens is 6. The summed E-state index contributed by atoms with van der Waals surface area (Å²) in [5.74, 6) is 0.740. The molecule has 0 unspecified atom stereocenters. The Morgan fingerprint density at radius 3 is 1.41 bits per heavy atom. The number of rotatable bonds is 4. The first-order valence-electron chi connectivity index (χ1n) is 10.7. The first kappa shape index (κ1) is 24.3. The Hall–Kier alpha value is -4.42. The molecule has 3 aromatic heterocycles. The van der Waals surface area contributed by atoms with Crippen LogP contribution in [-0.4, -0.2) is 29.2 Å². The van der Waals surface area contributed by atoms with Crippen molar-refractivity contribution in [2.45, 2.75) is 12.4 Å². The van der Waals surface area contributed by atoms with Crippen molar-refractivity contribution in [1.82, 2.24) is 29.2 Å². The van der Waals surface area contributed by atoms with Gasteiger partial charge in [0.25, 0.3) is 5.89 Å². The molecule has 2 aromatic carbocycles. The molecule has 0 aliphatic rings. The molecule has 0 radical (unpaired) electrons. The molecular formula is C24H16F6N6O. The molecule has 0 spiro atoms. The molecular weight excluding hydrogens is 502 g/mol. The zero-order valence-electron chi connectivity index (χ0n) is 19.1. The van der Waals surface area contributed by atoms with Crippen molar-refractivity contribution in [3.05, 3.63) is 72.3 Å². The first-order chi connectivity index (χ1) is 17.4. The fourth-order valence-corrected chi connectivity index (χ4v) is 3.73. The third kappa shape index (κ3) is 4.71. The maximum atomic E-state index is 12.9. The smallest absolute Gasteiger partial charge is 0.334 e. The van der Waals surface area contributed by atoms with Gasteiger partial charge in [0.1, 0.15) is 11.6 Å². The SMILES string of the molecule is Cn1cc(C(F)(F)F)nc1-c1ccc(-c2noc(-c3ccc(-c4nc(C(F)(F)F)cn4C)cc3)n2)cc1. The van der Waals surface area contributed by atoms with Crippen molar-refractivity contribution in [2.24, 2.45) is 14.1 Å². The Labute approximate surface area is 205 Å². The van der Waals surface area contributed by atoms with E-state index in [1.54, 1.807) is 48.5 Å². The van der Waals surface area contributed by atoms with Crippen molar-refractivity contribution in [1.29, 1.82) is 0 Å². The highest BCUT2D eigenvalue weighted by molar-refractivity contribution is 5.66. The van der Waals surface area contributed by atoms with E-state index in [1.807, 2.05) is 0 Å². The molecule has 0 atom stereocenters. The summed E-state index contributed by atoms with van der Waals surface area (Å²) in [6.45, 7) is 0. The third-order valence-corrected chi connectivity index (χ3v) is 5.55. The van der Waals surface area contributed by atoms with Crippen LogP contribution in [0.5, 0.6) is 0 Å². The molecule has 0 amide bonds. The van der Waals surface area contributed by atoms with Crippen LogP contribution in [0, 0.1) is 0 Å². The molecule has 0 N–H and O–H groups in total. The lowest BCUT2D eigenvalue weighted by Crippen LogP contribution is -2.04. The van der Waals surface area contributed by atoms with E-state index in [0.717, 1.165) is 12.4 Å². The van der Waals surface area contributed by atoms with Crippen molar-refractivity contribution in [3.8, 4) is 45.6 Å². The predicted molar refractivity (Wildman–Crippen MR) is 120 cm³/mol. The van der Waals surface area contributed by atoms with Gasteiger partial charge in [0.2, 0.25) is 5.82 Å². The van der Waals surface area contributed by atoms with Gasteiger partial charge >= 0.3 is 12.4 Å². The Morgan fingerprint density at radius 1 is 0.595 bits per heavy atom. The van der Waals surface area contributed by atoms with Crippen LogP contribution in [0.4, 0.5) is 26.3 Å². The van der Waals surface area contributed by atoms with Gasteiger partial charge in [0.15, 0.2) is 11.4 Å². The first-order valence-corrected chi connectivity index (χ1v) is 10.7. The average Bonchev–Trinajstić information content (AvgIpc) is 3.57. The third-order valence-electron chi connectivity index (χ3n) is 5.55. The van der Waals surface area contributed by atoms with Crippen molar-refractivity contribution >= 4 is 0 Å². The summed E-state index contributed by atoms with van der Waals surface area (Å²) >= 11 is 0. The molecule has 13 heteroatoms. The molecule has 190 valence electrons. The minimum Gasteiger partial charge on any atom is -0.334 e. The second-order valence-corrected chi connectivity index (χ2v) is 8.19. The number of hydrogen-bond acceptors (Lipinski definition) is 5. The quantitative estimate of drug-likeness (QED) is 0.263. The summed E-state index contributed by atoms with van der Waals surface area (Å²) in [7, 11) is 2.95. The normalized spacial score (nSPS) is 12.3. The number of nitrogens with zero attached hydrogens (tertiary/aromatic N) is 6. The van der Waals surface area contributed by atoms with E-state index < -0.39 is 23.7 Å². The van der Waals surface area contributed by atoms with E-state index >= 15 is 0 Å². The molecule has 0 fully saturated rings. The molecule has 7 nitrogen and oxygen atoms in total. The maximum Gasteiger partial charge on any atom is 0.434 e. The lowest BCUT2D eigenvalue weighted by atomic mass is 10.1. The number of imidazole rings is 2. The number of aryl methyl sites for hydroxylation is 2. The summed E-state index contributed by atoms with van der Waals surface area (Å²) in [4.78, 5) is 11.7. The van der Waals surface area contributed by atoms with Crippen molar-refractivity contribution in [3.63, 3.8) is 0 Å². The Balaban J connectivity index is 1.36. The molecule has 0 saturated heterocycles. The van der Waals surface area contributed by atoms with Crippen LogP contribution in [0.25, 0.3) is 45.6 Å². The van der Waals surface area contributed by atoms with Gasteiger partial charge in [-0.15, -0.1) is 0 Å². The maximum absolute atomic E-state index is 12.9. The van der Waals surface area contributed by atoms with Gasteiger partial charge in [-0.25, -0.2) is 9.97 Å². The topological polar surface area (TPSA) is 74.6 Å². The van der Waals surface area contributed by atoms with Crippen molar-refractivity contribution in [2.75, 3.05) is 0 Å². The number of aromatic nitrogens is 6. The monoisotopic (exact) mass is 518 g/mol. The highest BCUT2D eigenvalue weighted by atomic mass is 19.4. The Kier molecular flexibility index (Phi) is 5.65. The highest BCUT2D eigenvalue weighted by Crippen LogP contribution is 2.33. The zero-order chi connectivity index (χ0) is 26.5. The average molecular weight is 518 g/mol. The molecule has 0 aliphatic carbocycles. The Morgan fingerprint density at radius 2 is 1.00 bits per heavy atom. The van der Waals surface area contributed by atoms with Crippen LogP contribution >= 0.6 is 0 Å². The van der Waals surface area contributed by atoms with Gasteiger partial charge in [-0.05, 0) is 12.1 Å². The van der Waals surface area contributed by atoms with E-state index in [9.17, 15) is 26.3 Å². The minimum absolute atomic E-state index is 0.153. The summed E-state index contributed by atoms with van der Waals surface area (Å²) in [6.07, 6.45) is -7.25. The standard InChI is InChI=1S/C24H16F6N6O/c1-35-11-17(23(25,26)27)31-20(35)14-5-3-13(4-6-14)19-33-22(37-34-19)16-9-7-15(8-10-16)21-32-18(12-36(21)2)24(28,29)30/h3-12H,1-2H3. The fraction of sp³-hybridized carbons (Fsp3) is 0.167. The van der Waals surface area contributed by atoms with Crippen molar-refractivity contribution < 1.29 is 30.9 Å². The molecule has 3 heterocycles. The Bertz CT molecular complexity index is 1440. The van der Waals surface area contributed by atoms with E-state index in [2.05, 4.69) is 20.1 Å². The van der Waals surface area contributed by atoms with E-state index in [4.69, 9.17) is 4.52 Å². The molecule has 37 heavy (non-hydrogen) atoms. The largest absolute Gasteiger partial charge is 0.434 e. The summed E-state index contributed by atoms with van der Waals surface area (Å²) in [6, 6.07) is 12.9. The summed E-state index contributed by atoms with van der Waals surface area (Å²) in [5, 5.41) is 3.95. The minimum atomic E-state index is -4.54. The highest BCUT2D eigenvalue weighted by Gasteiger charge is 2.35. The van der Waals surface area contributed by atoms with Crippen LogP contribution in [0.1, 0.15) is 11.4 Å². The number of alkyl halides is 6. The van der Waals surface area contributed by atoms with Gasteiger partial charge in [-0.3, -0.25) is 0 Å². The van der Waals surface area contributed by atoms with E-state index in [0.29, 0.717) is 22.3 Å². The van der Waals surface area contributed by atoms with Gasteiger partial charge in [-0.2, -0.15) is 31.3 Å². The van der Waals surface area contributed by atoms with Gasteiger partial charge in [0.05, 0.1) is 0 Å². The lowest BCUT2D eigenvalue weighted by Gasteiger charge is -2.03. The lowest BCUT2D eigenvalue weighted by molar-refractivity contribution is -0.141. The fourth-order valence-electron chi connectivity index (χ4n) is 3.73. The predicted octanol–water partition coefficient (Wildman–Crippen LogP) is 6.24. The molecule has 0 aliphatic heterocycles. The molecule has 5 aromatic rings. The van der Waals surface area contributed by atoms with Crippen LogP contribution in [0.2, 0.25) is 0 Å². The van der Waals surface area contributed by atoms with Gasteiger partial charge in [-0.1, -0.05) is 41.6 Å². The zero-order valence-corrected chi connectivity index (χ0v) is 19.1. The van der Waals surface area contributed by atoms with Gasteiger partial charge in [0, 0.05) is 48.7 Å². The molecule has 0 bridgehead atoms. The van der Waals surface area contributed by atoms with Gasteiger partial charge < -0.3 is 13.7 Å². The molecule has 0 saturated carbocycles. The number of benzene rings is 2.